The van der Waals surface area contributed by atoms with E-state index >= 15 is 0 Å². The van der Waals surface area contributed by atoms with Gasteiger partial charge in [0, 0.05) is 12.8 Å². The molecule has 1 N–H and O–H groups in total. The third kappa shape index (κ3) is 2.92. The lowest BCUT2D eigenvalue weighted by Gasteiger charge is -2.34. The van der Waals surface area contributed by atoms with Crippen molar-refractivity contribution in [2.45, 2.75) is 32.4 Å². The molecule has 0 aliphatic carbocycles. The normalized spacial score (nSPS) is 13.4. The summed E-state index contributed by atoms with van der Waals surface area (Å²) in [4.78, 5) is 0. The minimum Gasteiger partial charge on any atom is -0.374 e. The molecule has 0 aliphatic heterocycles. The molecule has 1 atom stereocenters. The molecule has 1 unspecified atom stereocenters. The van der Waals surface area contributed by atoms with Gasteiger partial charge in [-0.1, -0.05) is 18.2 Å². The number of hydrogen-bond acceptors (Lipinski definition) is 3. The van der Waals surface area contributed by atoms with Crippen molar-refractivity contribution < 1.29 is 4.74 Å². The van der Waals surface area contributed by atoms with Gasteiger partial charge >= 0.3 is 0 Å². The van der Waals surface area contributed by atoms with Crippen LogP contribution in [-0.2, 0) is 4.74 Å². The molecule has 0 fully saturated rings. The fourth-order valence-corrected chi connectivity index (χ4v) is 2.62. The zero-order valence-corrected chi connectivity index (χ0v) is 12.6. The van der Waals surface area contributed by atoms with Crippen LogP contribution >= 0.6 is 0 Å². The van der Waals surface area contributed by atoms with Gasteiger partial charge in [0.1, 0.15) is 0 Å². The summed E-state index contributed by atoms with van der Waals surface area (Å²) in [6, 6.07) is 12.2. The molecule has 4 nitrogen and oxygen atoms in total. The van der Waals surface area contributed by atoms with Crippen molar-refractivity contribution >= 4 is 0 Å². The van der Waals surface area contributed by atoms with E-state index in [2.05, 4.69) is 36.4 Å². The zero-order chi connectivity index (χ0) is 14.6. The third-order valence-electron chi connectivity index (χ3n) is 3.47. The summed E-state index contributed by atoms with van der Waals surface area (Å²) >= 11 is 0. The van der Waals surface area contributed by atoms with Crippen molar-refractivity contribution in [1.29, 1.82) is 0 Å². The van der Waals surface area contributed by atoms with E-state index in [0.29, 0.717) is 6.61 Å². The van der Waals surface area contributed by atoms with Gasteiger partial charge < -0.3 is 10.1 Å². The Hall–Kier alpha value is -1.65. The maximum atomic E-state index is 5.89. The van der Waals surface area contributed by atoms with Crippen LogP contribution in [0.1, 0.15) is 32.5 Å². The average molecular weight is 273 g/mol. The first-order chi connectivity index (χ1) is 9.60. The lowest BCUT2D eigenvalue weighted by Crippen LogP contribution is -2.41. The van der Waals surface area contributed by atoms with Gasteiger partial charge in [-0.05, 0) is 46.0 Å². The van der Waals surface area contributed by atoms with E-state index < -0.39 is 0 Å². The minimum absolute atomic E-state index is 0.0603. The van der Waals surface area contributed by atoms with Crippen LogP contribution in [0.5, 0.6) is 0 Å². The Morgan fingerprint density at radius 1 is 1.25 bits per heavy atom. The van der Waals surface area contributed by atoms with Crippen LogP contribution in [0.4, 0.5) is 0 Å². The topological polar surface area (TPSA) is 39.1 Å². The third-order valence-corrected chi connectivity index (χ3v) is 3.47. The molecule has 1 aromatic carbocycles. The van der Waals surface area contributed by atoms with E-state index in [4.69, 9.17) is 4.74 Å². The summed E-state index contributed by atoms with van der Waals surface area (Å²) in [5.74, 6) is 0. The maximum Gasteiger partial charge on any atom is 0.0835 e. The molecule has 108 valence electrons. The highest BCUT2D eigenvalue weighted by Gasteiger charge is 2.32. The molecule has 1 heterocycles. The Bertz CT molecular complexity index is 534. The van der Waals surface area contributed by atoms with E-state index in [-0.39, 0.29) is 11.6 Å². The number of nitrogens with zero attached hydrogens (tertiary/aromatic N) is 2. The van der Waals surface area contributed by atoms with Gasteiger partial charge in [0.2, 0.25) is 0 Å². The van der Waals surface area contributed by atoms with E-state index in [0.717, 1.165) is 11.4 Å². The van der Waals surface area contributed by atoms with Crippen molar-refractivity contribution in [3.05, 3.63) is 48.3 Å². The van der Waals surface area contributed by atoms with Gasteiger partial charge in [-0.2, -0.15) is 5.10 Å². The fraction of sp³-hybridized carbons (Fsp3) is 0.438. The van der Waals surface area contributed by atoms with Crippen molar-refractivity contribution in [2.75, 3.05) is 13.7 Å². The van der Waals surface area contributed by atoms with Crippen LogP contribution in [0.2, 0.25) is 0 Å². The first kappa shape index (κ1) is 14.8. The van der Waals surface area contributed by atoms with Crippen molar-refractivity contribution in [2.24, 2.45) is 0 Å². The van der Waals surface area contributed by atoms with Gasteiger partial charge in [0.05, 0.1) is 23.0 Å². The highest BCUT2D eigenvalue weighted by Crippen LogP contribution is 2.29. The first-order valence-corrected chi connectivity index (χ1v) is 7.00. The van der Waals surface area contributed by atoms with Gasteiger partial charge in [0.15, 0.2) is 0 Å². The molecule has 2 aromatic rings. The van der Waals surface area contributed by atoms with Crippen LogP contribution in [0.25, 0.3) is 5.69 Å². The number of likely N-dealkylation sites (N-methyl/N-ethyl adjacent to an activating group) is 1. The molecule has 2 rings (SSSR count). The first-order valence-electron chi connectivity index (χ1n) is 7.00. The summed E-state index contributed by atoms with van der Waals surface area (Å²) < 4.78 is 7.85. The standard InChI is InChI=1S/C16H23N3O/c1-5-20-16(2,3)15(17-4)14-11-12-18-19(14)13-9-7-6-8-10-13/h6-12,15,17H,5H2,1-4H3. The number of rotatable bonds is 6. The molecule has 20 heavy (non-hydrogen) atoms. The predicted octanol–water partition coefficient (Wildman–Crippen LogP) is 2.95. The maximum absolute atomic E-state index is 5.89. The molecule has 0 amide bonds. The molecule has 0 aliphatic rings. The molecule has 4 heteroatoms. The predicted molar refractivity (Wildman–Crippen MR) is 81.1 cm³/mol. The highest BCUT2D eigenvalue weighted by atomic mass is 16.5. The monoisotopic (exact) mass is 273 g/mol. The smallest absolute Gasteiger partial charge is 0.0835 e. The van der Waals surface area contributed by atoms with Crippen molar-refractivity contribution in [1.82, 2.24) is 15.1 Å². The second-order valence-corrected chi connectivity index (χ2v) is 5.26. The summed E-state index contributed by atoms with van der Waals surface area (Å²) in [7, 11) is 1.95. The number of nitrogens with one attached hydrogen (secondary N) is 1. The fourth-order valence-electron chi connectivity index (χ4n) is 2.62. The molecule has 0 bridgehead atoms. The van der Waals surface area contributed by atoms with Gasteiger partial charge in [0.25, 0.3) is 0 Å². The summed E-state index contributed by atoms with van der Waals surface area (Å²) in [6.07, 6.45) is 1.83. The molecule has 0 saturated heterocycles. The molecular weight excluding hydrogens is 250 g/mol. The summed E-state index contributed by atoms with van der Waals surface area (Å²) in [5, 5.41) is 7.80. The Labute approximate surface area is 120 Å². The largest absolute Gasteiger partial charge is 0.374 e. The van der Waals surface area contributed by atoms with Gasteiger partial charge in [-0.3, -0.25) is 0 Å². The van der Waals surface area contributed by atoms with Crippen molar-refractivity contribution in [3.63, 3.8) is 0 Å². The average Bonchev–Trinajstić information content (AvgIpc) is 2.89. The summed E-state index contributed by atoms with van der Waals surface area (Å²) in [6.45, 7) is 6.90. The van der Waals surface area contributed by atoms with Crippen LogP contribution in [-0.4, -0.2) is 29.0 Å². The Morgan fingerprint density at radius 3 is 2.55 bits per heavy atom. The SMILES string of the molecule is CCOC(C)(C)C(NC)c1ccnn1-c1ccccc1. The second-order valence-electron chi connectivity index (χ2n) is 5.26. The highest BCUT2D eigenvalue weighted by molar-refractivity contribution is 5.33. The molecule has 0 radical (unpaired) electrons. The molecule has 0 spiro atoms. The molecule has 0 saturated carbocycles. The number of benzene rings is 1. The van der Waals surface area contributed by atoms with E-state index in [1.54, 1.807) is 0 Å². The Kier molecular flexibility index (Phi) is 4.57. The van der Waals surface area contributed by atoms with Gasteiger partial charge in [-0.25, -0.2) is 4.68 Å². The van der Waals surface area contributed by atoms with E-state index in [1.807, 2.05) is 49.1 Å². The van der Waals surface area contributed by atoms with E-state index in [1.165, 1.54) is 0 Å². The lowest BCUT2D eigenvalue weighted by atomic mass is 9.95. The second kappa shape index (κ2) is 6.20. The number of para-hydroxylation sites is 1. The van der Waals surface area contributed by atoms with E-state index in [9.17, 15) is 0 Å². The minimum atomic E-state index is -0.309. The lowest BCUT2D eigenvalue weighted by molar-refractivity contribution is -0.0389. The molecular formula is C16H23N3O. The Morgan fingerprint density at radius 2 is 1.95 bits per heavy atom. The van der Waals surface area contributed by atoms with Crippen LogP contribution in [0, 0.1) is 0 Å². The number of ether oxygens (including phenoxy) is 1. The number of aromatic nitrogens is 2. The zero-order valence-electron chi connectivity index (χ0n) is 12.6. The quantitative estimate of drug-likeness (QED) is 0.879. The van der Waals surface area contributed by atoms with Crippen LogP contribution in [0.3, 0.4) is 0 Å². The van der Waals surface area contributed by atoms with Crippen LogP contribution in [0.15, 0.2) is 42.6 Å². The number of hydrogen-bond donors (Lipinski definition) is 1. The summed E-state index contributed by atoms with van der Waals surface area (Å²) in [5.41, 5.74) is 1.84. The van der Waals surface area contributed by atoms with Crippen LogP contribution < -0.4 is 5.32 Å². The van der Waals surface area contributed by atoms with Crippen molar-refractivity contribution in [3.8, 4) is 5.69 Å². The Balaban J connectivity index is 2.40. The molecule has 1 aromatic heterocycles. The van der Waals surface area contributed by atoms with Gasteiger partial charge in [-0.15, -0.1) is 0 Å².